The van der Waals surface area contributed by atoms with Crippen LogP contribution in [-0.2, 0) is 27.2 Å². The van der Waals surface area contributed by atoms with Crippen molar-refractivity contribution < 1.29 is 19.2 Å². The third kappa shape index (κ3) is 3.03. The molecule has 0 saturated carbocycles. The van der Waals surface area contributed by atoms with Gasteiger partial charge in [-0.05, 0) is 62.4 Å². The highest BCUT2D eigenvalue weighted by molar-refractivity contribution is 6.14. The lowest BCUT2D eigenvalue weighted by Crippen LogP contribution is -2.52. The first kappa shape index (κ1) is 17.6. The third-order valence-electron chi connectivity index (χ3n) is 4.52. The Labute approximate surface area is 137 Å². The summed E-state index contributed by atoms with van der Waals surface area (Å²) < 4.78 is 5.60. The number of aryl methyl sites for hydroxylation is 2. The van der Waals surface area contributed by atoms with Crippen LogP contribution in [-0.4, -0.2) is 23.3 Å². The molecule has 126 valence electrons. The molecular formula is C18H25NO4. The summed E-state index contributed by atoms with van der Waals surface area (Å²) in [5.41, 5.74) is 1.66. The number of ketones is 2. The predicted molar refractivity (Wildman–Crippen MR) is 87.4 cm³/mol. The standard InChI is InChI=1S/C18H25NO4/c1-6-11-8-13(23-19)9-12(7-2)14(11)15-16(20)10(3)22-18(4,5)17(15)21/h8-10,15H,6-7,19H2,1-5H3. The molecule has 1 aliphatic rings. The van der Waals surface area contributed by atoms with E-state index in [0.717, 1.165) is 16.7 Å². The average molecular weight is 319 g/mol. The Morgan fingerprint density at radius 2 is 1.70 bits per heavy atom. The molecule has 1 saturated heterocycles. The van der Waals surface area contributed by atoms with Gasteiger partial charge in [-0.25, -0.2) is 0 Å². The molecule has 5 nitrogen and oxygen atoms in total. The maximum absolute atomic E-state index is 12.9. The summed E-state index contributed by atoms with van der Waals surface area (Å²) in [6.45, 7) is 9.13. The number of benzene rings is 1. The molecule has 0 radical (unpaired) electrons. The minimum Gasteiger partial charge on any atom is -0.412 e. The molecule has 1 fully saturated rings. The number of Topliss-reactive ketones (excluding diaryl/α,β-unsaturated/α-hetero) is 2. The van der Waals surface area contributed by atoms with Gasteiger partial charge in [0.1, 0.15) is 23.4 Å². The highest BCUT2D eigenvalue weighted by Crippen LogP contribution is 2.38. The second-order valence-electron chi connectivity index (χ2n) is 6.45. The second-order valence-corrected chi connectivity index (χ2v) is 6.45. The Kier molecular flexibility index (Phi) is 4.92. The van der Waals surface area contributed by atoms with E-state index >= 15 is 0 Å². The van der Waals surface area contributed by atoms with Crippen LogP contribution in [0.15, 0.2) is 12.1 Å². The van der Waals surface area contributed by atoms with Crippen LogP contribution < -0.4 is 10.7 Å². The van der Waals surface area contributed by atoms with E-state index in [2.05, 4.69) is 0 Å². The van der Waals surface area contributed by atoms with Gasteiger partial charge in [0.2, 0.25) is 0 Å². The first-order valence-corrected chi connectivity index (χ1v) is 8.05. The van der Waals surface area contributed by atoms with Gasteiger partial charge < -0.3 is 9.57 Å². The first-order valence-electron chi connectivity index (χ1n) is 8.05. The maximum Gasteiger partial charge on any atom is 0.179 e. The Hall–Kier alpha value is -1.72. The van der Waals surface area contributed by atoms with Crippen molar-refractivity contribution in [3.05, 3.63) is 28.8 Å². The molecule has 0 aliphatic carbocycles. The molecular weight excluding hydrogens is 294 g/mol. The molecule has 0 amide bonds. The van der Waals surface area contributed by atoms with Gasteiger partial charge in [0.25, 0.3) is 0 Å². The molecule has 23 heavy (non-hydrogen) atoms. The molecule has 0 bridgehead atoms. The molecule has 5 heteroatoms. The third-order valence-corrected chi connectivity index (χ3v) is 4.52. The lowest BCUT2D eigenvalue weighted by atomic mass is 9.75. The smallest absolute Gasteiger partial charge is 0.179 e. The SMILES string of the molecule is CCc1cc(ON)cc(CC)c1C1C(=O)C(C)OC(C)(C)C1=O. The van der Waals surface area contributed by atoms with Gasteiger partial charge in [0.05, 0.1) is 0 Å². The van der Waals surface area contributed by atoms with E-state index in [1.54, 1.807) is 20.8 Å². The number of carbonyl (C=O) groups excluding carboxylic acids is 2. The molecule has 2 atom stereocenters. The van der Waals surface area contributed by atoms with Crippen molar-refractivity contribution in [2.45, 2.75) is 65.1 Å². The van der Waals surface area contributed by atoms with Gasteiger partial charge in [-0.2, -0.15) is 5.90 Å². The molecule has 2 rings (SSSR count). The van der Waals surface area contributed by atoms with Gasteiger partial charge >= 0.3 is 0 Å². The van der Waals surface area contributed by atoms with Crippen LogP contribution in [0.25, 0.3) is 0 Å². The molecule has 1 aromatic rings. The van der Waals surface area contributed by atoms with E-state index in [1.807, 2.05) is 26.0 Å². The van der Waals surface area contributed by atoms with Crippen LogP contribution in [0.1, 0.15) is 57.2 Å². The normalized spacial score (nSPS) is 23.9. The number of carbonyl (C=O) groups is 2. The van der Waals surface area contributed by atoms with Gasteiger partial charge in [-0.3, -0.25) is 9.59 Å². The Bertz CT molecular complexity index is 611. The number of ether oxygens (including phenoxy) is 1. The van der Waals surface area contributed by atoms with Crippen LogP contribution in [0.2, 0.25) is 0 Å². The second kappa shape index (κ2) is 6.42. The van der Waals surface area contributed by atoms with Crippen LogP contribution in [0.3, 0.4) is 0 Å². The maximum atomic E-state index is 12.9. The van der Waals surface area contributed by atoms with Crippen molar-refractivity contribution in [2.75, 3.05) is 0 Å². The molecule has 0 spiro atoms. The zero-order chi connectivity index (χ0) is 17.4. The number of nitrogens with two attached hydrogens (primary N) is 1. The van der Waals surface area contributed by atoms with E-state index in [0.29, 0.717) is 18.6 Å². The zero-order valence-electron chi connectivity index (χ0n) is 14.4. The van der Waals surface area contributed by atoms with Crippen molar-refractivity contribution in [1.29, 1.82) is 0 Å². The van der Waals surface area contributed by atoms with Crippen molar-refractivity contribution in [3.63, 3.8) is 0 Å². The van der Waals surface area contributed by atoms with Crippen molar-refractivity contribution in [3.8, 4) is 5.75 Å². The highest BCUT2D eigenvalue weighted by atomic mass is 16.6. The Balaban J connectivity index is 2.67. The fraction of sp³-hybridized carbons (Fsp3) is 0.556. The van der Waals surface area contributed by atoms with Crippen LogP contribution in [0, 0.1) is 0 Å². The van der Waals surface area contributed by atoms with Crippen LogP contribution >= 0.6 is 0 Å². The molecule has 2 N–H and O–H groups in total. The van der Waals surface area contributed by atoms with E-state index in [4.69, 9.17) is 15.5 Å². The van der Waals surface area contributed by atoms with Crippen molar-refractivity contribution in [1.82, 2.24) is 0 Å². The van der Waals surface area contributed by atoms with Crippen molar-refractivity contribution >= 4 is 11.6 Å². The fourth-order valence-electron chi connectivity index (χ4n) is 3.31. The summed E-state index contributed by atoms with van der Waals surface area (Å²) in [4.78, 5) is 30.5. The van der Waals surface area contributed by atoms with Gasteiger partial charge in [-0.1, -0.05) is 13.8 Å². The largest absolute Gasteiger partial charge is 0.412 e. The Morgan fingerprint density at radius 3 is 2.13 bits per heavy atom. The zero-order valence-corrected chi connectivity index (χ0v) is 14.4. The highest BCUT2D eigenvalue weighted by Gasteiger charge is 2.48. The summed E-state index contributed by atoms with van der Waals surface area (Å²) in [5.74, 6) is 4.68. The monoisotopic (exact) mass is 319 g/mol. The first-order chi connectivity index (χ1) is 10.8. The summed E-state index contributed by atoms with van der Waals surface area (Å²) in [7, 11) is 0. The van der Waals surface area contributed by atoms with E-state index in [1.165, 1.54) is 0 Å². The van der Waals surface area contributed by atoms with Gasteiger partial charge in [-0.15, -0.1) is 0 Å². The number of hydrogen-bond donors (Lipinski definition) is 1. The minimum atomic E-state index is -0.975. The van der Waals surface area contributed by atoms with Gasteiger partial charge in [0.15, 0.2) is 11.6 Å². The number of rotatable bonds is 4. The summed E-state index contributed by atoms with van der Waals surface area (Å²) in [6, 6.07) is 3.62. The van der Waals surface area contributed by atoms with E-state index in [-0.39, 0.29) is 11.6 Å². The van der Waals surface area contributed by atoms with E-state index in [9.17, 15) is 9.59 Å². The average Bonchev–Trinajstić information content (AvgIpc) is 2.52. The predicted octanol–water partition coefficient (Wildman–Crippen LogP) is 2.48. The molecule has 2 unspecified atom stereocenters. The van der Waals surface area contributed by atoms with Crippen LogP contribution in [0.5, 0.6) is 5.75 Å². The molecule has 0 aromatic heterocycles. The van der Waals surface area contributed by atoms with Crippen molar-refractivity contribution in [2.24, 2.45) is 5.90 Å². The summed E-state index contributed by atoms with van der Waals surface area (Å²) in [6.07, 6.45) is 0.769. The van der Waals surface area contributed by atoms with E-state index < -0.39 is 17.6 Å². The summed E-state index contributed by atoms with van der Waals surface area (Å²) in [5, 5.41) is 0. The molecule has 1 heterocycles. The summed E-state index contributed by atoms with van der Waals surface area (Å²) >= 11 is 0. The topological polar surface area (TPSA) is 78.6 Å². The lowest BCUT2D eigenvalue weighted by molar-refractivity contribution is -0.168. The molecule has 1 aromatic carbocycles. The fourth-order valence-corrected chi connectivity index (χ4v) is 3.31. The lowest BCUT2D eigenvalue weighted by Gasteiger charge is -2.38. The molecule has 1 aliphatic heterocycles. The number of hydrogen-bond acceptors (Lipinski definition) is 5. The quantitative estimate of drug-likeness (QED) is 0.681. The Morgan fingerprint density at radius 1 is 1.17 bits per heavy atom. The van der Waals surface area contributed by atoms with Gasteiger partial charge in [0, 0.05) is 0 Å². The minimum absolute atomic E-state index is 0.180. The van der Waals surface area contributed by atoms with Crippen LogP contribution in [0.4, 0.5) is 0 Å².